The predicted molar refractivity (Wildman–Crippen MR) is 78.6 cm³/mol. The first-order valence-corrected chi connectivity index (χ1v) is 6.92. The van der Waals surface area contributed by atoms with Gasteiger partial charge in [-0.05, 0) is 46.6 Å². The minimum atomic E-state index is -0.332. The van der Waals surface area contributed by atoms with Gasteiger partial charge in [0.25, 0.3) is 5.91 Å². The lowest BCUT2D eigenvalue weighted by molar-refractivity contribution is -0.0172. The molecule has 0 atom stereocenters. The molecule has 1 saturated heterocycles. The highest BCUT2D eigenvalue weighted by Gasteiger charge is 2.47. The fourth-order valence-electron chi connectivity index (χ4n) is 3.61. The van der Waals surface area contributed by atoms with Crippen LogP contribution in [0, 0.1) is 0 Å². The van der Waals surface area contributed by atoms with Crippen LogP contribution in [0.1, 0.15) is 50.9 Å². The Morgan fingerprint density at radius 3 is 2.35 bits per heavy atom. The fourth-order valence-corrected chi connectivity index (χ4v) is 3.61. The fraction of sp³-hybridized carbons (Fsp3) is 0.600. The number of pyridine rings is 1. The van der Waals surface area contributed by atoms with E-state index in [4.69, 9.17) is 5.73 Å². The lowest BCUT2D eigenvalue weighted by Crippen LogP contribution is -2.65. The van der Waals surface area contributed by atoms with Crippen molar-refractivity contribution in [3.05, 3.63) is 34.2 Å². The molecule has 1 amide bonds. The molecule has 1 aliphatic heterocycles. The van der Waals surface area contributed by atoms with Crippen molar-refractivity contribution in [2.45, 2.75) is 57.7 Å². The number of amides is 1. The number of nitrogens with two attached hydrogens (primary N) is 1. The van der Waals surface area contributed by atoms with Crippen molar-refractivity contribution in [3.63, 3.8) is 0 Å². The van der Waals surface area contributed by atoms with Crippen molar-refractivity contribution in [3.8, 4) is 0 Å². The van der Waals surface area contributed by atoms with E-state index in [1.54, 1.807) is 6.07 Å². The molecule has 0 radical (unpaired) electrons. The Hall–Kier alpha value is -1.62. The van der Waals surface area contributed by atoms with E-state index in [9.17, 15) is 9.59 Å². The topological polar surface area (TPSA) is 79.2 Å². The van der Waals surface area contributed by atoms with Crippen molar-refractivity contribution in [2.75, 3.05) is 0 Å². The number of hydrogen-bond donors (Lipinski definition) is 2. The number of aromatic amines is 1. The summed E-state index contributed by atoms with van der Waals surface area (Å²) < 4.78 is 0. The van der Waals surface area contributed by atoms with Gasteiger partial charge in [-0.2, -0.15) is 0 Å². The first-order valence-electron chi connectivity index (χ1n) is 6.92. The molecule has 2 rings (SSSR count). The van der Waals surface area contributed by atoms with Gasteiger partial charge in [0.05, 0.1) is 0 Å². The van der Waals surface area contributed by atoms with Gasteiger partial charge in [0, 0.05) is 34.9 Å². The van der Waals surface area contributed by atoms with Gasteiger partial charge >= 0.3 is 0 Å². The van der Waals surface area contributed by atoms with Gasteiger partial charge in [0.1, 0.15) is 0 Å². The van der Waals surface area contributed by atoms with Crippen LogP contribution in [0.4, 0.5) is 0 Å². The molecule has 1 aromatic rings. The van der Waals surface area contributed by atoms with E-state index in [2.05, 4.69) is 4.98 Å². The molecule has 2 heterocycles. The third-order valence-corrected chi connectivity index (χ3v) is 3.96. The second kappa shape index (κ2) is 4.74. The van der Waals surface area contributed by atoms with Crippen LogP contribution in [0.25, 0.3) is 0 Å². The zero-order valence-electron chi connectivity index (χ0n) is 12.6. The Kier molecular flexibility index (Phi) is 3.50. The van der Waals surface area contributed by atoms with Crippen molar-refractivity contribution in [2.24, 2.45) is 5.73 Å². The van der Waals surface area contributed by atoms with Gasteiger partial charge in [0.15, 0.2) is 0 Å². The van der Waals surface area contributed by atoms with E-state index in [0.717, 1.165) is 12.8 Å². The monoisotopic (exact) mass is 277 g/mol. The second-order valence-corrected chi connectivity index (χ2v) is 6.88. The van der Waals surface area contributed by atoms with Gasteiger partial charge < -0.3 is 15.6 Å². The van der Waals surface area contributed by atoms with Gasteiger partial charge in [-0.25, -0.2) is 0 Å². The molecule has 0 spiro atoms. The standard InChI is InChI=1S/C15H23N3O2/c1-14(2)8-11(16)9-15(3,4)18(14)13(20)10-5-6-17-12(19)7-10/h5-7,11H,8-9,16H2,1-4H3,(H,17,19). The van der Waals surface area contributed by atoms with Crippen molar-refractivity contribution in [1.82, 2.24) is 9.88 Å². The second-order valence-electron chi connectivity index (χ2n) is 6.88. The predicted octanol–water partition coefficient (Wildman–Crippen LogP) is 1.50. The largest absolute Gasteiger partial charge is 0.329 e. The number of aromatic nitrogens is 1. The summed E-state index contributed by atoms with van der Waals surface area (Å²) in [7, 11) is 0. The number of carbonyl (C=O) groups is 1. The van der Waals surface area contributed by atoms with Crippen molar-refractivity contribution < 1.29 is 4.79 Å². The minimum absolute atomic E-state index is 0.0863. The first-order chi connectivity index (χ1) is 9.13. The molecule has 5 heteroatoms. The minimum Gasteiger partial charge on any atom is -0.329 e. The summed E-state index contributed by atoms with van der Waals surface area (Å²) in [5.41, 5.74) is 5.61. The van der Waals surface area contributed by atoms with Crippen LogP contribution >= 0.6 is 0 Å². The summed E-state index contributed by atoms with van der Waals surface area (Å²) in [6.07, 6.45) is 3.02. The SMILES string of the molecule is CC1(C)CC(N)CC(C)(C)N1C(=O)c1cc[nH]c(=O)c1. The van der Waals surface area contributed by atoms with E-state index in [1.165, 1.54) is 12.3 Å². The molecule has 5 nitrogen and oxygen atoms in total. The van der Waals surface area contributed by atoms with Crippen LogP contribution in [0.2, 0.25) is 0 Å². The third kappa shape index (κ3) is 2.63. The Balaban J connectivity index is 2.43. The molecule has 0 aromatic carbocycles. The molecule has 20 heavy (non-hydrogen) atoms. The van der Waals surface area contributed by atoms with Crippen LogP contribution in [-0.4, -0.2) is 32.9 Å². The molecule has 110 valence electrons. The summed E-state index contributed by atoms with van der Waals surface area (Å²) >= 11 is 0. The molecule has 0 saturated carbocycles. The maximum absolute atomic E-state index is 12.8. The van der Waals surface area contributed by atoms with E-state index in [1.807, 2.05) is 32.6 Å². The Bertz CT molecular complexity index is 556. The maximum atomic E-state index is 12.8. The number of carbonyl (C=O) groups excluding carboxylic acids is 1. The Morgan fingerprint density at radius 1 is 1.30 bits per heavy atom. The van der Waals surface area contributed by atoms with Crippen LogP contribution in [-0.2, 0) is 0 Å². The lowest BCUT2D eigenvalue weighted by Gasteiger charge is -2.54. The molecule has 0 unspecified atom stereocenters. The Labute approximate surface area is 119 Å². The zero-order valence-corrected chi connectivity index (χ0v) is 12.6. The van der Waals surface area contributed by atoms with Crippen LogP contribution in [0.15, 0.2) is 23.1 Å². The Morgan fingerprint density at radius 2 is 1.85 bits per heavy atom. The molecular weight excluding hydrogens is 254 g/mol. The van der Waals surface area contributed by atoms with E-state index >= 15 is 0 Å². The van der Waals surface area contributed by atoms with E-state index < -0.39 is 0 Å². The quantitative estimate of drug-likeness (QED) is 0.816. The molecule has 3 N–H and O–H groups in total. The van der Waals surface area contributed by atoms with Gasteiger partial charge in [-0.15, -0.1) is 0 Å². The molecule has 0 aliphatic carbocycles. The summed E-state index contributed by atoms with van der Waals surface area (Å²) in [5.74, 6) is -0.113. The van der Waals surface area contributed by atoms with Gasteiger partial charge in [-0.1, -0.05) is 0 Å². The number of likely N-dealkylation sites (tertiary alicyclic amines) is 1. The van der Waals surface area contributed by atoms with Crippen molar-refractivity contribution >= 4 is 5.91 Å². The highest BCUT2D eigenvalue weighted by Crippen LogP contribution is 2.38. The zero-order chi connectivity index (χ0) is 15.1. The lowest BCUT2D eigenvalue weighted by atomic mass is 9.77. The average molecular weight is 277 g/mol. The normalized spacial score (nSPS) is 21.8. The smallest absolute Gasteiger partial charge is 0.254 e. The summed E-state index contributed by atoms with van der Waals surface area (Å²) in [6.45, 7) is 8.11. The van der Waals surface area contributed by atoms with Crippen molar-refractivity contribution in [1.29, 1.82) is 0 Å². The number of rotatable bonds is 1. The number of nitrogens with one attached hydrogen (secondary N) is 1. The highest BCUT2D eigenvalue weighted by molar-refractivity contribution is 5.95. The molecule has 0 bridgehead atoms. The van der Waals surface area contributed by atoms with Crippen LogP contribution in [0.3, 0.4) is 0 Å². The van der Waals surface area contributed by atoms with Crippen LogP contribution < -0.4 is 11.3 Å². The molecule has 1 aromatic heterocycles. The molecule has 1 aliphatic rings. The molecule has 1 fully saturated rings. The van der Waals surface area contributed by atoms with Gasteiger partial charge in [-0.3, -0.25) is 9.59 Å². The first kappa shape index (κ1) is 14.8. The average Bonchev–Trinajstić information content (AvgIpc) is 2.24. The maximum Gasteiger partial charge on any atom is 0.254 e. The van der Waals surface area contributed by atoms with E-state index in [0.29, 0.717) is 5.56 Å². The summed E-state index contributed by atoms with van der Waals surface area (Å²) in [6, 6.07) is 3.08. The number of piperidine rings is 1. The number of nitrogens with zero attached hydrogens (tertiary/aromatic N) is 1. The van der Waals surface area contributed by atoms with E-state index in [-0.39, 0.29) is 28.6 Å². The number of hydrogen-bond acceptors (Lipinski definition) is 3. The molecular formula is C15H23N3O2. The van der Waals surface area contributed by atoms with Gasteiger partial charge in [0.2, 0.25) is 5.56 Å². The van der Waals surface area contributed by atoms with Crippen LogP contribution in [0.5, 0.6) is 0 Å². The number of H-pyrrole nitrogens is 1. The third-order valence-electron chi connectivity index (χ3n) is 3.96. The summed E-state index contributed by atoms with van der Waals surface area (Å²) in [5, 5.41) is 0. The summed E-state index contributed by atoms with van der Waals surface area (Å²) in [4.78, 5) is 28.6. The highest BCUT2D eigenvalue weighted by atomic mass is 16.2.